The fourth-order valence-electron chi connectivity index (χ4n) is 13.6. The molecule has 13 aromatic rings. The number of esters is 1. The number of aryl methyl sites for hydroxylation is 1. The van der Waals surface area contributed by atoms with Crippen LogP contribution in [-0.2, 0) is 50.2 Å². The van der Waals surface area contributed by atoms with Gasteiger partial charge in [0.1, 0.15) is 60.2 Å². The van der Waals surface area contributed by atoms with E-state index >= 15 is 0 Å². The molecule has 0 aliphatic carbocycles. The third-order valence-corrected chi connectivity index (χ3v) is 19.9. The van der Waals surface area contributed by atoms with Crippen molar-refractivity contribution in [2.75, 3.05) is 32.8 Å². The number of hydrogen-bond acceptors (Lipinski definition) is 20. The highest BCUT2D eigenvalue weighted by Crippen LogP contribution is 2.39. The molecule has 6 N–H and O–H groups in total. The normalized spacial score (nSPS) is 15.8. The van der Waals surface area contributed by atoms with E-state index in [0.717, 1.165) is 107 Å². The zero-order valence-electron chi connectivity index (χ0n) is 63.4. The molecular weight excluding hydrogens is 1460 g/mol. The lowest BCUT2D eigenvalue weighted by atomic mass is 10.0. The van der Waals surface area contributed by atoms with E-state index in [4.69, 9.17) is 34.5 Å². The van der Waals surface area contributed by atoms with Gasteiger partial charge in [0.05, 0.1) is 71.6 Å². The second-order valence-corrected chi connectivity index (χ2v) is 27.9. The number of primary amides is 1. The largest absolute Gasteiger partial charge is 0.490 e. The molecule has 0 bridgehead atoms. The molecule has 3 aliphatic heterocycles. The highest BCUT2D eigenvalue weighted by atomic mass is 19.3. The second kappa shape index (κ2) is 36.8. The van der Waals surface area contributed by atoms with E-state index in [1.807, 2.05) is 147 Å². The third-order valence-electron chi connectivity index (χ3n) is 19.9. The Balaban J connectivity index is 0.000000133. The molecular formula is C85H86F2N16O11. The Kier molecular flexibility index (Phi) is 25.5. The Morgan fingerprint density at radius 3 is 1.27 bits per heavy atom. The number of nitrogens with two attached hydrogens (primary N) is 1. The first-order valence-corrected chi connectivity index (χ1v) is 37.6. The Morgan fingerprint density at radius 2 is 0.895 bits per heavy atom. The van der Waals surface area contributed by atoms with E-state index in [2.05, 4.69) is 68.1 Å². The summed E-state index contributed by atoms with van der Waals surface area (Å²) in [6.45, 7) is 13.5. The van der Waals surface area contributed by atoms with Crippen LogP contribution in [0.25, 0.3) is 88.1 Å². The van der Waals surface area contributed by atoms with Crippen LogP contribution in [-0.4, -0.2) is 145 Å². The number of ether oxygens (including phenoxy) is 5. The summed E-state index contributed by atoms with van der Waals surface area (Å²) in [4.78, 5) is 83.1. The van der Waals surface area contributed by atoms with Gasteiger partial charge >= 0.3 is 5.97 Å². The summed E-state index contributed by atoms with van der Waals surface area (Å²) in [7, 11) is 0. The minimum Gasteiger partial charge on any atom is -0.490 e. The Hall–Kier alpha value is -13.2. The van der Waals surface area contributed by atoms with Gasteiger partial charge in [0.25, 0.3) is 12.3 Å². The molecule has 0 radical (unpaired) electrons. The molecule has 3 fully saturated rings. The highest BCUT2D eigenvalue weighted by molar-refractivity contribution is 5.95. The predicted molar refractivity (Wildman–Crippen MR) is 424 cm³/mol. The summed E-state index contributed by atoms with van der Waals surface area (Å²) < 4.78 is 60.8. The predicted octanol–water partition coefficient (Wildman–Crippen LogP) is 12.3. The SMILES string of the molecule is CC(=O)OCCn1cc(-c2cc(O[C@H](C)[C@H]3CNC(=O)C3)c3cccnc3c2)cn1.CCCn1cc(-c2cc(OCc3ncccc3C(N)=O)c3cccnc3c2)cn1.C[C@@H](Oc1cc(-c2ccc(C(F)F)nc2)cc2ncccc12)[C@H]1CNC(=O)C1.C[C@@H](Oc1cc(-c2cnn(CCO)c2)cc2ncccc12)[C@H]1CNC(=O)C1. The number of aliphatic hydroxyl groups excluding tert-OH is 1. The molecule has 0 unspecified atom stereocenters. The average molecular weight is 1550 g/mol. The second-order valence-electron chi connectivity index (χ2n) is 27.9. The molecule has 0 saturated carbocycles. The van der Waals surface area contributed by atoms with Gasteiger partial charge in [0.2, 0.25) is 17.7 Å². The van der Waals surface area contributed by atoms with E-state index in [9.17, 15) is 32.8 Å². The van der Waals surface area contributed by atoms with Gasteiger partial charge in [-0.05, 0) is 165 Å². The van der Waals surface area contributed by atoms with Crippen molar-refractivity contribution in [3.63, 3.8) is 0 Å². The summed E-state index contributed by atoms with van der Waals surface area (Å²) in [6, 6.07) is 37.3. The zero-order valence-corrected chi connectivity index (χ0v) is 63.4. The average Bonchev–Trinajstić information content (AvgIpc) is 1.70. The van der Waals surface area contributed by atoms with Crippen molar-refractivity contribution in [2.45, 2.75) is 111 Å². The van der Waals surface area contributed by atoms with Crippen LogP contribution in [0.15, 0.2) is 196 Å². The number of nitrogens with zero attached hydrogens (tertiary/aromatic N) is 12. The molecule has 4 amide bonds. The summed E-state index contributed by atoms with van der Waals surface area (Å²) in [6.07, 6.45) is 20.6. The van der Waals surface area contributed by atoms with Crippen LogP contribution >= 0.6 is 0 Å². The van der Waals surface area contributed by atoms with Crippen LogP contribution in [0.3, 0.4) is 0 Å². The van der Waals surface area contributed by atoms with Crippen LogP contribution in [0.4, 0.5) is 8.78 Å². The molecule has 586 valence electrons. The van der Waals surface area contributed by atoms with Gasteiger partial charge in [0, 0.05) is 170 Å². The highest BCUT2D eigenvalue weighted by Gasteiger charge is 2.32. The number of aliphatic hydroxyl groups is 1. The van der Waals surface area contributed by atoms with Gasteiger partial charge in [-0.15, -0.1) is 0 Å². The van der Waals surface area contributed by atoms with E-state index in [1.54, 1.807) is 70.9 Å². The molecule has 29 heteroatoms. The van der Waals surface area contributed by atoms with Crippen LogP contribution < -0.4 is 40.6 Å². The number of nitrogens with one attached hydrogen (secondary N) is 3. The number of amides is 4. The number of halogens is 2. The van der Waals surface area contributed by atoms with Crippen molar-refractivity contribution in [1.29, 1.82) is 0 Å². The van der Waals surface area contributed by atoms with Crippen LogP contribution in [0.1, 0.15) is 88.5 Å². The van der Waals surface area contributed by atoms with Crippen LogP contribution in [0.2, 0.25) is 0 Å². The molecule has 9 aromatic heterocycles. The first kappa shape index (κ1) is 78.9. The van der Waals surface area contributed by atoms with Gasteiger partial charge < -0.3 is 50.5 Å². The van der Waals surface area contributed by atoms with Gasteiger partial charge in [-0.1, -0.05) is 13.0 Å². The molecule has 3 saturated heterocycles. The number of aromatic nitrogens is 12. The molecule has 27 nitrogen and oxygen atoms in total. The number of hydrogen-bond donors (Lipinski definition) is 5. The smallest absolute Gasteiger partial charge is 0.302 e. The lowest BCUT2D eigenvalue weighted by Crippen LogP contribution is -2.25. The number of carbonyl (C=O) groups is 5. The van der Waals surface area contributed by atoms with E-state index < -0.39 is 12.3 Å². The van der Waals surface area contributed by atoms with Crippen molar-refractivity contribution < 1.29 is 61.5 Å². The van der Waals surface area contributed by atoms with Crippen LogP contribution in [0.5, 0.6) is 23.0 Å². The molecule has 3 aliphatic rings. The summed E-state index contributed by atoms with van der Waals surface area (Å²) in [5, 5.41) is 34.3. The van der Waals surface area contributed by atoms with Crippen molar-refractivity contribution >= 4 is 73.2 Å². The fourth-order valence-corrected chi connectivity index (χ4v) is 13.6. The third kappa shape index (κ3) is 19.7. The zero-order chi connectivity index (χ0) is 79.8. The summed E-state index contributed by atoms with van der Waals surface area (Å²) in [5.74, 6) is 2.51. The lowest BCUT2D eigenvalue weighted by Gasteiger charge is -2.21. The quantitative estimate of drug-likeness (QED) is 0.0332. The Labute approximate surface area is 654 Å². The molecule has 16 rings (SSSR count). The summed E-state index contributed by atoms with van der Waals surface area (Å²) in [5.41, 5.74) is 16.4. The first-order chi connectivity index (χ1) is 55.3. The number of benzene rings is 4. The number of carbonyl (C=O) groups excluding carboxylic acids is 5. The molecule has 114 heavy (non-hydrogen) atoms. The molecule has 4 aromatic carbocycles. The number of pyridine rings is 6. The first-order valence-electron chi connectivity index (χ1n) is 37.6. The number of fused-ring (bicyclic) bond motifs is 4. The standard InChI is InChI=1S/C22H21N5O2.C22H24N4O4.C21H19F2N3O2.C20H22N4O3/c1-2-9-27-13-16(12-26-27)15-10-19-17(5-3-7-24-19)21(11-15)29-14-20-18(22(23)28)6-4-8-25-20;1-14(17-10-22(28)24-11-17)30-21-9-16(8-20-19(21)4-3-5-23-20)18-12-25-26(13-18)6-7-29-15(2)27;1-12(15-9-20(27)26-11-15)28-19-8-14(7-18-16(19)3-2-6-24-18)13-4-5-17(21(22)23)25-10-13;1-13(15-9-20(26)22-10-15)27-19-8-14(7-18-17(19)3-2-4-21-18)16-11-23-24(12-16)5-6-25/h3-8,10-13H,2,9,14H2,1H3,(H2,23,28);3-5,8-9,12-14,17H,6-7,10-11H2,1-2H3,(H,24,28);2-8,10,12,15,21H,9,11H2,1H3,(H,26,27);2-4,7-8,11-13,15,25H,5-6,9-10H2,1H3,(H,22,26)/t;14-,17-;12-,15-;13-,15-/m.111/s1. The topological polar surface area (TPSA) is 345 Å². The maximum atomic E-state index is 12.8. The fraction of sp³-hybridized carbons (Fsp3) is 0.294. The Bertz CT molecular complexity index is 5580. The van der Waals surface area contributed by atoms with Crippen molar-refractivity contribution in [3.05, 3.63) is 213 Å². The molecule has 6 atom stereocenters. The van der Waals surface area contributed by atoms with Gasteiger partial charge in [-0.3, -0.25) is 67.9 Å². The van der Waals surface area contributed by atoms with Crippen molar-refractivity contribution in [2.24, 2.45) is 23.5 Å². The molecule has 12 heterocycles. The van der Waals surface area contributed by atoms with E-state index in [1.165, 1.54) is 19.2 Å². The monoisotopic (exact) mass is 1540 g/mol. The van der Waals surface area contributed by atoms with Gasteiger partial charge in [0.15, 0.2) is 0 Å². The van der Waals surface area contributed by atoms with E-state index in [0.29, 0.717) is 80.3 Å². The van der Waals surface area contributed by atoms with Crippen molar-refractivity contribution in [1.82, 2.24) is 75.2 Å². The summed E-state index contributed by atoms with van der Waals surface area (Å²) >= 11 is 0. The van der Waals surface area contributed by atoms with Gasteiger partial charge in [-0.25, -0.2) is 8.78 Å². The van der Waals surface area contributed by atoms with Gasteiger partial charge in [-0.2, -0.15) is 15.3 Å². The maximum absolute atomic E-state index is 12.8. The lowest BCUT2D eigenvalue weighted by molar-refractivity contribution is -0.141. The minimum absolute atomic E-state index is 0.0333. The minimum atomic E-state index is -2.60. The number of alkyl halides is 2. The van der Waals surface area contributed by atoms with Crippen molar-refractivity contribution in [3.8, 4) is 67.5 Å². The Morgan fingerprint density at radius 1 is 0.500 bits per heavy atom. The molecule has 0 spiro atoms. The number of rotatable bonds is 25. The van der Waals surface area contributed by atoms with Crippen LogP contribution in [0, 0.1) is 17.8 Å². The maximum Gasteiger partial charge on any atom is 0.302 e. The van der Waals surface area contributed by atoms with E-state index in [-0.39, 0.29) is 85.3 Å².